The van der Waals surface area contributed by atoms with Gasteiger partial charge in [0.15, 0.2) is 6.61 Å². The van der Waals surface area contributed by atoms with Gasteiger partial charge in [0.05, 0.1) is 13.5 Å². The summed E-state index contributed by atoms with van der Waals surface area (Å²) in [6.07, 6.45) is 5.18. The number of benzene rings is 1. The summed E-state index contributed by atoms with van der Waals surface area (Å²) in [4.78, 5) is 11.2. The fourth-order valence-electron chi connectivity index (χ4n) is 1.12. The first-order valence-corrected chi connectivity index (χ1v) is 4.48. The van der Waals surface area contributed by atoms with Crippen LogP contribution in [-0.2, 0) is 16.0 Å². The standard InChI is InChI=1S/C12H12O3/c1-3-7-15-12(13)9-10-5-4-6-11(8-10)14-2/h1,4-6,8H,7,9H2,2H3. The molecule has 0 bridgehead atoms. The van der Waals surface area contributed by atoms with Crippen molar-refractivity contribution in [2.24, 2.45) is 0 Å². The van der Waals surface area contributed by atoms with Gasteiger partial charge in [0.2, 0.25) is 0 Å². The molecule has 0 atom stereocenters. The quantitative estimate of drug-likeness (QED) is 0.549. The molecule has 0 N–H and O–H groups in total. The summed E-state index contributed by atoms with van der Waals surface area (Å²) < 4.78 is 9.79. The van der Waals surface area contributed by atoms with Crippen LogP contribution in [0.5, 0.6) is 5.75 Å². The van der Waals surface area contributed by atoms with Crippen LogP contribution in [0.4, 0.5) is 0 Å². The summed E-state index contributed by atoms with van der Waals surface area (Å²) in [6.45, 7) is 0.0167. The first kappa shape index (κ1) is 11.1. The van der Waals surface area contributed by atoms with Crippen LogP contribution in [0.1, 0.15) is 5.56 Å². The van der Waals surface area contributed by atoms with E-state index in [1.54, 1.807) is 13.2 Å². The van der Waals surface area contributed by atoms with E-state index in [9.17, 15) is 4.79 Å². The molecule has 15 heavy (non-hydrogen) atoms. The molecule has 0 aliphatic heterocycles. The van der Waals surface area contributed by atoms with Crippen LogP contribution in [0.25, 0.3) is 0 Å². The fourth-order valence-corrected chi connectivity index (χ4v) is 1.12. The van der Waals surface area contributed by atoms with Crippen LogP contribution >= 0.6 is 0 Å². The van der Waals surface area contributed by atoms with E-state index < -0.39 is 0 Å². The molecule has 0 amide bonds. The van der Waals surface area contributed by atoms with Crippen molar-refractivity contribution in [3.63, 3.8) is 0 Å². The predicted molar refractivity (Wildman–Crippen MR) is 56.5 cm³/mol. The number of carbonyl (C=O) groups is 1. The molecule has 0 radical (unpaired) electrons. The van der Waals surface area contributed by atoms with Gasteiger partial charge in [-0.05, 0) is 17.7 Å². The number of methoxy groups -OCH3 is 1. The maximum atomic E-state index is 11.2. The lowest BCUT2D eigenvalue weighted by atomic mass is 10.1. The van der Waals surface area contributed by atoms with Crippen LogP contribution in [-0.4, -0.2) is 19.7 Å². The zero-order valence-corrected chi connectivity index (χ0v) is 8.53. The number of hydrogen-bond donors (Lipinski definition) is 0. The number of esters is 1. The Bertz CT molecular complexity index is 377. The third kappa shape index (κ3) is 3.74. The van der Waals surface area contributed by atoms with E-state index in [4.69, 9.17) is 15.9 Å². The van der Waals surface area contributed by atoms with Gasteiger partial charge in [0.25, 0.3) is 0 Å². The van der Waals surface area contributed by atoms with Gasteiger partial charge < -0.3 is 9.47 Å². The first-order chi connectivity index (χ1) is 7.26. The molecular weight excluding hydrogens is 192 g/mol. The molecule has 0 heterocycles. The Hall–Kier alpha value is -1.95. The molecule has 3 heteroatoms. The molecule has 0 aromatic heterocycles. The summed E-state index contributed by atoms with van der Waals surface area (Å²) in [5.41, 5.74) is 0.844. The van der Waals surface area contributed by atoms with Crippen LogP contribution in [0, 0.1) is 12.3 Å². The summed E-state index contributed by atoms with van der Waals surface area (Å²) >= 11 is 0. The highest BCUT2D eigenvalue weighted by atomic mass is 16.5. The van der Waals surface area contributed by atoms with Crippen molar-refractivity contribution in [1.82, 2.24) is 0 Å². The summed E-state index contributed by atoms with van der Waals surface area (Å²) in [7, 11) is 1.58. The topological polar surface area (TPSA) is 35.5 Å². The van der Waals surface area contributed by atoms with E-state index in [0.29, 0.717) is 0 Å². The Morgan fingerprint density at radius 2 is 2.33 bits per heavy atom. The SMILES string of the molecule is C#CCOC(=O)Cc1cccc(OC)c1. The fraction of sp³-hybridized carbons (Fsp3) is 0.250. The van der Waals surface area contributed by atoms with Crippen molar-refractivity contribution < 1.29 is 14.3 Å². The normalized spacial score (nSPS) is 9.07. The molecule has 0 aliphatic carbocycles. The van der Waals surface area contributed by atoms with Crippen LogP contribution in [0.15, 0.2) is 24.3 Å². The minimum absolute atomic E-state index is 0.0167. The Morgan fingerprint density at radius 3 is 3.00 bits per heavy atom. The number of carbonyl (C=O) groups excluding carboxylic acids is 1. The number of hydrogen-bond acceptors (Lipinski definition) is 3. The van der Waals surface area contributed by atoms with Crippen LogP contribution in [0.3, 0.4) is 0 Å². The van der Waals surface area contributed by atoms with Gasteiger partial charge in [-0.25, -0.2) is 0 Å². The Labute approximate surface area is 89.0 Å². The Morgan fingerprint density at radius 1 is 1.53 bits per heavy atom. The molecule has 0 unspecified atom stereocenters. The molecule has 0 saturated heterocycles. The van der Waals surface area contributed by atoms with Gasteiger partial charge in [0.1, 0.15) is 5.75 Å². The Balaban J connectivity index is 2.57. The molecule has 0 spiro atoms. The number of ether oxygens (including phenoxy) is 2. The van der Waals surface area contributed by atoms with Crippen molar-refractivity contribution in [3.05, 3.63) is 29.8 Å². The van der Waals surface area contributed by atoms with Gasteiger partial charge in [-0.15, -0.1) is 6.42 Å². The second-order valence-corrected chi connectivity index (χ2v) is 2.89. The van der Waals surface area contributed by atoms with Gasteiger partial charge in [-0.1, -0.05) is 18.1 Å². The summed E-state index contributed by atoms with van der Waals surface area (Å²) in [6, 6.07) is 7.26. The molecule has 1 rings (SSSR count). The number of terminal acetylenes is 1. The predicted octanol–water partition coefficient (Wildman–Crippen LogP) is 1.41. The maximum Gasteiger partial charge on any atom is 0.311 e. The highest BCUT2D eigenvalue weighted by molar-refractivity contribution is 5.72. The third-order valence-corrected chi connectivity index (χ3v) is 1.80. The van der Waals surface area contributed by atoms with E-state index in [1.807, 2.05) is 18.2 Å². The minimum atomic E-state index is -0.332. The highest BCUT2D eigenvalue weighted by Crippen LogP contribution is 2.13. The lowest BCUT2D eigenvalue weighted by Crippen LogP contribution is -2.08. The summed E-state index contributed by atoms with van der Waals surface area (Å²) in [5, 5.41) is 0. The molecular formula is C12H12O3. The average molecular weight is 204 g/mol. The van der Waals surface area contributed by atoms with Crippen molar-refractivity contribution in [2.45, 2.75) is 6.42 Å². The summed E-state index contributed by atoms with van der Waals surface area (Å²) in [5.74, 6) is 2.63. The zero-order valence-electron chi connectivity index (χ0n) is 8.53. The minimum Gasteiger partial charge on any atom is -0.497 e. The molecule has 1 aromatic carbocycles. The third-order valence-electron chi connectivity index (χ3n) is 1.80. The van der Waals surface area contributed by atoms with Gasteiger partial charge >= 0.3 is 5.97 Å². The second-order valence-electron chi connectivity index (χ2n) is 2.89. The van der Waals surface area contributed by atoms with Crippen molar-refractivity contribution in [2.75, 3.05) is 13.7 Å². The van der Waals surface area contributed by atoms with Crippen LogP contribution in [0.2, 0.25) is 0 Å². The molecule has 78 valence electrons. The largest absolute Gasteiger partial charge is 0.497 e. The smallest absolute Gasteiger partial charge is 0.311 e. The Kier molecular flexibility index (Phi) is 4.24. The lowest BCUT2D eigenvalue weighted by molar-refractivity contribution is -0.141. The van der Waals surface area contributed by atoms with E-state index in [0.717, 1.165) is 11.3 Å². The van der Waals surface area contributed by atoms with Crippen molar-refractivity contribution >= 4 is 5.97 Å². The van der Waals surface area contributed by atoms with E-state index in [1.165, 1.54) is 0 Å². The average Bonchev–Trinajstić information content (AvgIpc) is 2.26. The number of rotatable bonds is 4. The molecule has 0 fully saturated rings. The second kappa shape index (κ2) is 5.71. The van der Waals surface area contributed by atoms with Gasteiger partial charge in [0, 0.05) is 0 Å². The van der Waals surface area contributed by atoms with Gasteiger partial charge in [-0.2, -0.15) is 0 Å². The van der Waals surface area contributed by atoms with Gasteiger partial charge in [-0.3, -0.25) is 4.79 Å². The first-order valence-electron chi connectivity index (χ1n) is 4.48. The molecule has 0 saturated carbocycles. The van der Waals surface area contributed by atoms with E-state index in [-0.39, 0.29) is 19.0 Å². The monoisotopic (exact) mass is 204 g/mol. The van der Waals surface area contributed by atoms with Crippen molar-refractivity contribution in [1.29, 1.82) is 0 Å². The van der Waals surface area contributed by atoms with E-state index in [2.05, 4.69) is 5.92 Å². The zero-order chi connectivity index (χ0) is 11.1. The molecule has 0 aliphatic rings. The molecule has 1 aromatic rings. The van der Waals surface area contributed by atoms with E-state index >= 15 is 0 Å². The highest BCUT2D eigenvalue weighted by Gasteiger charge is 2.04. The molecule has 3 nitrogen and oxygen atoms in total. The lowest BCUT2D eigenvalue weighted by Gasteiger charge is -2.03. The van der Waals surface area contributed by atoms with Crippen molar-refractivity contribution in [3.8, 4) is 18.1 Å². The maximum absolute atomic E-state index is 11.2. The van der Waals surface area contributed by atoms with Crippen LogP contribution < -0.4 is 4.74 Å².